The lowest BCUT2D eigenvalue weighted by Crippen LogP contribution is -2.66. The monoisotopic (exact) mass is 147 g/mol. The summed E-state index contributed by atoms with van der Waals surface area (Å²) >= 11 is 0. The number of hydrogen-bond donors (Lipinski definition) is 2. The maximum atomic E-state index is 10.6. The predicted molar refractivity (Wildman–Crippen MR) is 32.5 cm³/mol. The van der Waals surface area contributed by atoms with Gasteiger partial charge >= 0.3 is 5.97 Å². The molecule has 0 aliphatic rings. The van der Waals surface area contributed by atoms with Gasteiger partial charge in [-0.3, -0.25) is 4.79 Å². The molecule has 5 N–H and O–H groups in total. The molecule has 0 aliphatic heterocycles. The number of rotatable bonds is 3. The van der Waals surface area contributed by atoms with E-state index in [2.05, 4.69) is 10.5 Å². The van der Waals surface area contributed by atoms with Gasteiger partial charge in [0.25, 0.3) is 0 Å². The molecule has 0 spiro atoms. The summed E-state index contributed by atoms with van der Waals surface area (Å²) in [5.41, 5.74) is 8.17. The molecule has 0 radical (unpaired) electrons. The van der Waals surface area contributed by atoms with Gasteiger partial charge in [0.15, 0.2) is 6.04 Å². The number of methoxy groups -OCH3 is 1. The van der Waals surface area contributed by atoms with Crippen LogP contribution in [0.4, 0.5) is 0 Å². The Morgan fingerprint density at radius 3 is 2.50 bits per heavy atom. The van der Waals surface area contributed by atoms with E-state index in [9.17, 15) is 9.59 Å². The van der Waals surface area contributed by atoms with Gasteiger partial charge in [-0.2, -0.15) is 0 Å². The van der Waals surface area contributed by atoms with Gasteiger partial charge in [-0.25, -0.2) is 4.79 Å². The fourth-order valence-electron chi connectivity index (χ4n) is 0.493. The van der Waals surface area contributed by atoms with Crippen molar-refractivity contribution in [3.63, 3.8) is 0 Å². The van der Waals surface area contributed by atoms with Crippen molar-refractivity contribution < 1.29 is 20.1 Å². The summed E-state index contributed by atoms with van der Waals surface area (Å²) in [4.78, 5) is 20.8. The summed E-state index contributed by atoms with van der Waals surface area (Å²) in [6.07, 6.45) is -0.0628. The highest BCUT2D eigenvalue weighted by Crippen LogP contribution is 1.86. The van der Waals surface area contributed by atoms with E-state index < -0.39 is 17.9 Å². The van der Waals surface area contributed by atoms with E-state index in [1.165, 1.54) is 7.11 Å². The SMILES string of the molecule is COC(=O)[C@@H]([NH3+])CC(N)=O. The molecule has 0 bridgehead atoms. The van der Waals surface area contributed by atoms with Crippen LogP contribution in [0.25, 0.3) is 0 Å². The van der Waals surface area contributed by atoms with Crippen molar-refractivity contribution in [2.45, 2.75) is 12.5 Å². The Bertz CT molecular complexity index is 146. The maximum absolute atomic E-state index is 10.6. The van der Waals surface area contributed by atoms with Crippen molar-refractivity contribution in [1.82, 2.24) is 0 Å². The van der Waals surface area contributed by atoms with Crippen LogP contribution in [0.2, 0.25) is 0 Å². The minimum Gasteiger partial charge on any atom is -0.465 e. The smallest absolute Gasteiger partial charge is 0.365 e. The quantitative estimate of drug-likeness (QED) is 0.437. The van der Waals surface area contributed by atoms with Crippen molar-refractivity contribution >= 4 is 11.9 Å². The standard InChI is InChI=1S/C5H10N2O3/c1-10-5(9)3(6)2-4(7)8/h3H,2,6H2,1H3,(H2,7,8)/p+1/t3-/m0/s1. The van der Waals surface area contributed by atoms with Crippen LogP contribution < -0.4 is 11.5 Å². The average molecular weight is 147 g/mol. The molecular weight excluding hydrogens is 136 g/mol. The molecule has 0 fully saturated rings. The number of carbonyl (C=O) groups excluding carboxylic acids is 2. The second-order valence-corrected chi connectivity index (χ2v) is 1.89. The highest BCUT2D eigenvalue weighted by atomic mass is 16.5. The van der Waals surface area contributed by atoms with Gasteiger partial charge < -0.3 is 16.2 Å². The first kappa shape index (κ1) is 8.90. The topological polar surface area (TPSA) is 97.0 Å². The van der Waals surface area contributed by atoms with Crippen molar-refractivity contribution in [3.05, 3.63) is 0 Å². The third-order valence-corrected chi connectivity index (χ3v) is 0.982. The van der Waals surface area contributed by atoms with E-state index in [0.29, 0.717) is 0 Å². The van der Waals surface area contributed by atoms with Crippen LogP contribution >= 0.6 is 0 Å². The summed E-state index contributed by atoms with van der Waals surface area (Å²) in [6.45, 7) is 0. The predicted octanol–water partition coefficient (Wildman–Crippen LogP) is -2.35. The van der Waals surface area contributed by atoms with Crippen LogP contribution in [0.3, 0.4) is 0 Å². The fraction of sp³-hybridized carbons (Fsp3) is 0.600. The zero-order chi connectivity index (χ0) is 8.15. The van der Waals surface area contributed by atoms with E-state index in [1.54, 1.807) is 0 Å². The van der Waals surface area contributed by atoms with Crippen molar-refractivity contribution in [2.75, 3.05) is 7.11 Å². The highest BCUT2D eigenvalue weighted by molar-refractivity contribution is 5.82. The third-order valence-electron chi connectivity index (χ3n) is 0.982. The Hall–Kier alpha value is -1.10. The van der Waals surface area contributed by atoms with Crippen LogP contribution in [0.15, 0.2) is 0 Å². The molecule has 5 nitrogen and oxygen atoms in total. The first-order chi connectivity index (χ1) is 4.57. The molecule has 1 amide bonds. The molecule has 0 aromatic heterocycles. The number of primary amides is 1. The second kappa shape index (κ2) is 3.84. The lowest BCUT2D eigenvalue weighted by Gasteiger charge is -2.01. The summed E-state index contributed by atoms with van der Waals surface area (Å²) in [5.74, 6) is -1.07. The lowest BCUT2D eigenvalue weighted by molar-refractivity contribution is -0.406. The van der Waals surface area contributed by atoms with Gasteiger partial charge in [0.1, 0.15) is 0 Å². The molecule has 0 saturated heterocycles. The number of nitrogens with two attached hydrogens (primary N) is 1. The molecular formula is C5H11N2O3+. The van der Waals surface area contributed by atoms with Crippen LogP contribution in [0.1, 0.15) is 6.42 Å². The molecule has 5 heteroatoms. The number of ether oxygens (including phenoxy) is 1. The van der Waals surface area contributed by atoms with Crippen LogP contribution in [0.5, 0.6) is 0 Å². The molecule has 1 atom stereocenters. The summed E-state index contributed by atoms with van der Waals surface area (Å²) in [6, 6.07) is -0.678. The van der Waals surface area contributed by atoms with Gasteiger partial charge in [0, 0.05) is 0 Å². The van der Waals surface area contributed by atoms with Gasteiger partial charge in [-0.15, -0.1) is 0 Å². The Morgan fingerprint density at radius 1 is 1.70 bits per heavy atom. The Labute approximate surface area is 58.3 Å². The molecule has 0 unspecified atom stereocenters. The summed E-state index contributed by atoms with van der Waals surface area (Å²) in [7, 11) is 1.24. The summed E-state index contributed by atoms with van der Waals surface area (Å²) in [5, 5.41) is 0. The molecule has 0 saturated carbocycles. The Balaban J connectivity index is 3.72. The molecule has 10 heavy (non-hydrogen) atoms. The molecule has 0 aromatic carbocycles. The van der Waals surface area contributed by atoms with Gasteiger partial charge in [0.2, 0.25) is 5.91 Å². The maximum Gasteiger partial charge on any atom is 0.365 e. The fourth-order valence-corrected chi connectivity index (χ4v) is 0.493. The minimum absolute atomic E-state index is 0.0628. The van der Waals surface area contributed by atoms with E-state index in [-0.39, 0.29) is 6.42 Å². The van der Waals surface area contributed by atoms with Crippen molar-refractivity contribution in [2.24, 2.45) is 5.73 Å². The normalized spacial score (nSPS) is 12.2. The van der Waals surface area contributed by atoms with Crippen LogP contribution in [-0.4, -0.2) is 25.0 Å². The molecule has 0 heterocycles. The number of amides is 1. The average Bonchev–Trinajstić information content (AvgIpc) is 1.85. The highest BCUT2D eigenvalue weighted by Gasteiger charge is 2.19. The second-order valence-electron chi connectivity index (χ2n) is 1.89. The van der Waals surface area contributed by atoms with Gasteiger partial charge in [0.05, 0.1) is 13.5 Å². The van der Waals surface area contributed by atoms with E-state index >= 15 is 0 Å². The lowest BCUT2D eigenvalue weighted by atomic mass is 10.2. The first-order valence-corrected chi connectivity index (χ1v) is 2.77. The zero-order valence-corrected chi connectivity index (χ0v) is 5.79. The van der Waals surface area contributed by atoms with Crippen molar-refractivity contribution in [1.29, 1.82) is 0 Å². The zero-order valence-electron chi connectivity index (χ0n) is 5.79. The molecule has 0 aliphatic carbocycles. The number of esters is 1. The van der Waals surface area contributed by atoms with Crippen LogP contribution in [0, 0.1) is 0 Å². The van der Waals surface area contributed by atoms with Crippen molar-refractivity contribution in [3.8, 4) is 0 Å². The van der Waals surface area contributed by atoms with Gasteiger partial charge in [-0.05, 0) is 0 Å². The largest absolute Gasteiger partial charge is 0.465 e. The number of quaternary nitrogens is 1. The van der Waals surface area contributed by atoms with E-state index in [1.807, 2.05) is 0 Å². The van der Waals surface area contributed by atoms with E-state index in [4.69, 9.17) is 5.73 Å². The minimum atomic E-state index is -0.678. The Morgan fingerprint density at radius 2 is 2.20 bits per heavy atom. The summed E-state index contributed by atoms with van der Waals surface area (Å²) < 4.78 is 4.30. The molecule has 58 valence electrons. The molecule has 0 aromatic rings. The number of hydrogen-bond acceptors (Lipinski definition) is 3. The third kappa shape index (κ3) is 3.03. The van der Waals surface area contributed by atoms with Gasteiger partial charge in [-0.1, -0.05) is 0 Å². The van der Waals surface area contributed by atoms with Crippen LogP contribution in [-0.2, 0) is 14.3 Å². The molecule has 0 rings (SSSR count). The Kier molecular flexibility index (Phi) is 3.42. The number of carbonyl (C=O) groups is 2. The first-order valence-electron chi connectivity index (χ1n) is 2.77. The van der Waals surface area contributed by atoms with E-state index in [0.717, 1.165) is 0 Å².